The first-order valence-corrected chi connectivity index (χ1v) is 7.95. The Hall–Kier alpha value is -1.55. The summed E-state index contributed by atoms with van der Waals surface area (Å²) in [6.07, 6.45) is 1.43. The van der Waals surface area contributed by atoms with Crippen LogP contribution in [0.15, 0.2) is 24.3 Å². The zero-order valence-electron chi connectivity index (χ0n) is 13.6. The van der Waals surface area contributed by atoms with Crippen molar-refractivity contribution in [2.24, 2.45) is 5.41 Å². The highest BCUT2D eigenvalue weighted by Crippen LogP contribution is 2.54. The highest BCUT2D eigenvalue weighted by atomic mass is 16.4. The van der Waals surface area contributed by atoms with Crippen LogP contribution in [0.1, 0.15) is 51.2 Å². The molecule has 1 spiro atoms. The number of nitrogens with zero attached hydrogens (tertiary/aromatic N) is 1. The number of rotatable bonds is 1. The summed E-state index contributed by atoms with van der Waals surface area (Å²) in [5.74, 6) is 0. The third-order valence-corrected chi connectivity index (χ3v) is 5.33. The Balaban J connectivity index is 1.80. The van der Waals surface area contributed by atoms with Gasteiger partial charge in [0, 0.05) is 18.5 Å². The van der Waals surface area contributed by atoms with E-state index < -0.39 is 11.7 Å². The average molecular weight is 303 g/mol. The van der Waals surface area contributed by atoms with E-state index in [1.807, 2.05) is 12.1 Å². The number of likely N-dealkylation sites (tertiary alicyclic amines) is 1. The largest absolute Gasteiger partial charge is 0.465 e. The molecule has 1 atom stereocenters. The van der Waals surface area contributed by atoms with Gasteiger partial charge in [0.25, 0.3) is 0 Å². The van der Waals surface area contributed by atoms with Crippen molar-refractivity contribution in [3.63, 3.8) is 0 Å². The number of carbonyl (C=O) groups is 1. The van der Waals surface area contributed by atoms with E-state index in [0.717, 1.165) is 12.0 Å². The molecule has 4 nitrogen and oxygen atoms in total. The molecule has 1 saturated carbocycles. The number of hydrogen-bond acceptors (Lipinski definition) is 2. The van der Waals surface area contributed by atoms with E-state index >= 15 is 0 Å². The van der Waals surface area contributed by atoms with Gasteiger partial charge >= 0.3 is 6.09 Å². The molecule has 1 aliphatic carbocycles. The van der Waals surface area contributed by atoms with Crippen LogP contribution >= 0.6 is 0 Å². The van der Waals surface area contributed by atoms with Crippen LogP contribution in [-0.4, -0.2) is 34.3 Å². The van der Waals surface area contributed by atoms with Crippen LogP contribution in [0, 0.1) is 5.41 Å². The fourth-order valence-corrected chi connectivity index (χ4v) is 3.96. The second kappa shape index (κ2) is 4.72. The predicted octanol–water partition coefficient (Wildman–Crippen LogP) is 3.34. The predicted molar refractivity (Wildman–Crippen MR) is 84.9 cm³/mol. The summed E-state index contributed by atoms with van der Waals surface area (Å²) in [4.78, 5) is 12.4. The lowest BCUT2D eigenvalue weighted by molar-refractivity contribution is -0.0222. The molecule has 2 aliphatic rings. The van der Waals surface area contributed by atoms with Gasteiger partial charge in [-0.3, -0.25) is 0 Å². The molecule has 3 rings (SSSR count). The zero-order valence-corrected chi connectivity index (χ0v) is 13.6. The topological polar surface area (TPSA) is 60.8 Å². The lowest BCUT2D eigenvalue weighted by atomic mass is 9.76. The van der Waals surface area contributed by atoms with Gasteiger partial charge in [0.05, 0.1) is 5.60 Å². The van der Waals surface area contributed by atoms with Crippen molar-refractivity contribution in [3.05, 3.63) is 35.4 Å². The Labute approximate surface area is 131 Å². The first-order valence-electron chi connectivity index (χ1n) is 7.95. The summed E-state index contributed by atoms with van der Waals surface area (Å²) < 4.78 is 0. The minimum Gasteiger partial charge on any atom is -0.465 e. The molecule has 2 N–H and O–H groups in total. The number of amides is 1. The maximum atomic E-state index is 11.1. The average Bonchev–Trinajstić information content (AvgIpc) is 2.76. The number of carboxylic acid groups (broad SMARTS) is 1. The summed E-state index contributed by atoms with van der Waals surface area (Å²) in [6.45, 7) is 7.63. The van der Waals surface area contributed by atoms with Crippen molar-refractivity contribution >= 4 is 6.09 Å². The molecule has 1 aliphatic heterocycles. The zero-order chi connectivity index (χ0) is 16.2. The van der Waals surface area contributed by atoms with Gasteiger partial charge in [-0.25, -0.2) is 4.79 Å². The van der Waals surface area contributed by atoms with Crippen molar-refractivity contribution < 1.29 is 15.0 Å². The quantitative estimate of drug-likeness (QED) is 0.836. The monoisotopic (exact) mass is 303 g/mol. The van der Waals surface area contributed by atoms with Crippen LogP contribution in [0.3, 0.4) is 0 Å². The van der Waals surface area contributed by atoms with E-state index in [9.17, 15) is 9.90 Å². The van der Waals surface area contributed by atoms with Crippen LogP contribution in [0.5, 0.6) is 0 Å². The van der Waals surface area contributed by atoms with Gasteiger partial charge in [-0.15, -0.1) is 0 Å². The Morgan fingerprint density at radius 3 is 2.50 bits per heavy atom. The van der Waals surface area contributed by atoms with Crippen molar-refractivity contribution in [1.29, 1.82) is 0 Å². The Morgan fingerprint density at radius 2 is 1.91 bits per heavy atom. The van der Waals surface area contributed by atoms with E-state index in [2.05, 4.69) is 32.9 Å². The summed E-state index contributed by atoms with van der Waals surface area (Å²) in [5, 5.41) is 20.1. The maximum Gasteiger partial charge on any atom is 0.407 e. The minimum atomic E-state index is -0.851. The van der Waals surface area contributed by atoms with Crippen molar-refractivity contribution in [3.8, 4) is 0 Å². The van der Waals surface area contributed by atoms with Gasteiger partial charge in [-0.2, -0.15) is 0 Å². The molecule has 2 fully saturated rings. The lowest BCUT2D eigenvalue weighted by Crippen LogP contribution is -2.57. The molecule has 0 radical (unpaired) electrons. The third kappa shape index (κ3) is 2.50. The summed E-state index contributed by atoms with van der Waals surface area (Å²) >= 11 is 0. The normalized spacial score (nSPS) is 27.0. The van der Waals surface area contributed by atoms with Crippen LogP contribution in [0.4, 0.5) is 4.79 Å². The SMILES string of the molecule is CC(C)(C)c1cccc(C2(O)CCC3(CN(C(=O)O)C3)C2)c1. The lowest BCUT2D eigenvalue weighted by Gasteiger charge is -2.47. The van der Waals surface area contributed by atoms with Crippen molar-refractivity contribution in [2.45, 2.75) is 51.0 Å². The van der Waals surface area contributed by atoms with E-state index in [4.69, 9.17) is 5.11 Å². The van der Waals surface area contributed by atoms with Gasteiger partial charge < -0.3 is 15.1 Å². The molecule has 1 aromatic rings. The van der Waals surface area contributed by atoms with E-state index in [0.29, 0.717) is 25.9 Å². The molecule has 4 heteroatoms. The molecule has 1 amide bonds. The van der Waals surface area contributed by atoms with Gasteiger partial charge in [-0.1, -0.05) is 45.0 Å². The van der Waals surface area contributed by atoms with Gasteiger partial charge in [0.2, 0.25) is 0 Å². The summed E-state index contributed by atoms with van der Waals surface area (Å²) in [6, 6.07) is 8.24. The molecule has 0 bridgehead atoms. The molecular weight excluding hydrogens is 278 g/mol. The van der Waals surface area contributed by atoms with Crippen LogP contribution in [-0.2, 0) is 11.0 Å². The minimum absolute atomic E-state index is 0.0229. The molecule has 1 aromatic carbocycles. The highest BCUT2D eigenvalue weighted by Gasteiger charge is 2.55. The summed E-state index contributed by atoms with van der Waals surface area (Å²) in [5.41, 5.74) is 1.42. The van der Waals surface area contributed by atoms with E-state index in [1.165, 1.54) is 10.5 Å². The molecule has 1 saturated heterocycles. The molecule has 1 heterocycles. The molecule has 22 heavy (non-hydrogen) atoms. The Morgan fingerprint density at radius 1 is 1.23 bits per heavy atom. The maximum absolute atomic E-state index is 11.1. The fraction of sp³-hybridized carbons (Fsp3) is 0.611. The van der Waals surface area contributed by atoms with Crippen molar-refractivity contribution in [1.82, 2.24) is 4.90 Å². The highest BCUT2D eigenvalue weighted by molar-refractivity contribution is 5.66. The van der Waals surface area contributed by atoms with Gasteiger partial charge in [0.1, 0.15) is 0 Å². The van der Waals surface area contributed by atoms with Crippen molar-refractivity contribution in [2.75, 3.05) is 13.1 Å². The van der Waals surface area contributed by atoms with Gasteiger partial charge in [0.15, 0.2) is 0 Å². The van der Waals surface area contributed by atoms with E-state index in [-0.39, 0.29) is 10.8 Å². The summed E-state index contributed by atoms with van der Waals surface area (Å²) in [7, 11) is 0. The molecule has 120 valence electrons. The standard InChI is InChI=1S/C18H25NO3/c1-16(2,3)13-5-4-6-14(9-13)18(22)8-7-17(10-18)11-19(12-17)15(20)21/h4-6,9,22H,7-8,10-12H2,1-3H3,(H,20,21). The number of hydrogen-bond donors (Lipinski definition) is 2. The van der Waals surface area contributed by atoms with E-state index in [1.54, 1.807) is 0 Å². The van der Waals surface area contributed by atoms with Gasteiger partial charge in [-0.05, 0) is 35.8 Å². The third-order valence-electron chi connectivity index (χ3n) is 5.33. The van der Waals surface area contributed by atoms with Crippen LogP contribution in [0.2, 0.25) is 0 Å². The Bertz CT molecular complexity index is 599. The Kier molecular flexibility index (Phi) is 3.29. The first kappa shape index (κ1) is 15.3. The fourth-order valence-electron chi connectivity index (χ4n) is 3.96. The first-order chi connectivity index (χ1) is 10.1. The number of aliphatic hydroxyl groups is 1. The molecule has 0 aromatic heterocycles. The second-order valence-electron chi connectivity index (χ2n) is 8.18. The molecular formula is C18H25NO3. The molecule has 1 unspecified atom stereocenters. The van der Waals surface area contributed by atoms with Crippen LogP contribution < -0.4 is 0 Å². The van der Waals surface area contributed by atoms with Crippen LogP contribution in [0.25, 0.3) is 0 Å². The smallest absolute Gasteiger partial charge is 0.407 e. The second-order valence-corrected chi connectivity index (χ2v) is 8.18. The number of benzene rings is 1.